The normalized spacial score (nSPS) is 11.7. The number of carbonyl (C=O) groups excluding carboxylic acids is 1. The number of rotatable bonds is 2. The SMILES string of the molecule is CCOC(=O)c1cc2cc(F)c(C)nc2nc1C(F)(F)F. The molecule has 0 N–H and O–H groups in total. The molecule has 0 aromatic carbocycles. The van der Waals surface area contributed by atoms with Crippen molar-refractivity contribution in [2.45, 2.75) is 20.0 Å². The highest BCUT2D eigenvalue weighted by molar-refractivity contribution is 5.94. The summed E-state index contributed by atoms with van der Waals surface area (Å²) in [4.78, 5) is 18.6. The van der Waals surface area contributed by atoms with Crippen LogP contribution in [0.3, 0.4) is 0 Å². The van der Waals surface area contributed by atoms with E-state index in [1.54, 1.807) is 0 Å². The zero-order chi connectivity index (χ0) is 15.8. The fourth-order valence-corrected chi connectivity index (χ4v) is 1.75. The summed E-state index contributed by atoms with van der Waals surface area (Å²) < 4.78 is 57.0. The third-order valence-corrected chi connectivity index (χ3v) is 2.70. The summed E-state index contributed by atoms with van der Waals surface area (Å²) in [6.45, 7) is 2.68. The van der Waals surface area contributed by atoms with Crippen molar-refractivity contribution in [1.82, 2.24) is 9.97 Å². The maximum atomic E-state index is 13.4. The van der Waals surface area contributed by atoms with Crippen LogP contribution in [0, 0.1) is 12.7 Å². The van der Waals surface area contributed by atoms with Crippen LogP contribution in [0.25, 0.3) is 11.0 Å². The third-order valence-electron chi connectivity index (χ3n) is 2.70. The van der Waals surface area contributed by atoms with Crippen LogP contribution in [0.4, 0.5) is 17.6 Å². The molecule has 0 aliphatic carbocycles. The van der Waals surface area contributed by atoms with E-state index in [4.69, 9.17) is 0 Å². The van der Waals surface area contributed by atoms with Gasteiger partial charge in [-0.3, -0.25) is 0 Å². The van der Waals surface area contributed by atoms with Gasteiger partial charge in [0.15, 0.2) is 11.3 Å². The molecular weight excluding hydrogens is 292 g/mol. The number of aromatic nitrogens is 2. The minimum absolute atomic E-state index is 0.00541. The Hall–Kier alpha value is -2.25. The molecule has 0 spiro atoms. The molecule has 4 nitrogen and oxygen atoms in total. The highest BCUT2D eigenvalue weighted by Crippen LogP contribution is 2.32. The molecule has 0 aliphatic heterocycles. The zero-order valence-electron chi connectivity index (χ0n) is 11.1. The summed E-state index contributed by atoms with van der Waals surface area (Å²) >= 11 is 0. The standard InChI is InChI=1S/C13H10F4N2O2/c1-3-21-12(20)8-4-7-5-9(14)6(2)18-11(7)19-10(8)13(15,16)17/h4-5H,3H2,1-2H3. The molecule has 0 aliphatic rings. The minimum atomic E-state index is -4.85. The van der Waals surface area contributed by atoms with E-state index in [-0.39, 0.29) is 23.3 Å². The molecule has 0 amide bonds. The lowest BCUT2D eigenvalue weighted by Gasteiger charge is -2.12. The Morgan fingerprint density at radius 2 is 1.95 bits per heavy atom. The lowest BCUT2D eigenvalue weighted by molar-refractivity contribution is -0.141. The predicted octanol–water partition coefficient (Wildman–Crippen LogP) is 3.27. The van der Waals surface area contributed by atoms with Crippen molar-refractivity contribution in [1.29, 1.82) is 0 Å². The van der Waals surface area contributed by atoms with Crippen molar-refractivity contribution in [3.63, 3.8) is 0 Å². The van der Waals surface area contributed by atoms with Crippen LogP contribution >= 0.6 is 0 Å². The van der Waals surface area contributed by atoms with Gasteiger partial charge in [0.25, 0.3) is 0 Å². The fourth-order valence-electron chi connectivity index (χ4n) is 1.75. The van der Waals surface area contributed by atoms with Gasteiger partial charge in [-0.05, 0) is 26.0 Å². The first-order chi connectivity index (χ1) is 9.74. The Bertz CT molecular complexity index is 713. The second-order valence-electron chi connectivity index (χ2n) is 4.21. The molecule has 2 rings (SSSR count). The number of hydrogen-bond acceptors (Lipinski definition) is 4. The fraction of sp³-hybridized carbons (Fsp3) is 0.308. The molecule has 112 valence electrons. The predicted molar refractivity (Wildman–Crippen MR) is 65.2 cm³/mol. The van der Waals surface area contributed by atoms with Gasteiger partial charge in [-0.15, -0.1) is 0 Å². The molecule has 0 saturated heterocycles. The number of nitrogens with zero attached hydrogens (tertiary/aromatic N) is 2. The molecular formula is C13H10F4N2O2. The number of pyridine rings is 2. The second kappa shape index (κ2) is 5.27. The molecule has 2 heterocycles. The Kier molecular flexibility index (Phi) is 3.80. The largest absolute Gasteiger partial charge is 0.462 e. The maximum absolute atomic E-state index is 13.4. The summed E-state index contributed by atoms with van der Waals surface area (Å²) in [5.41, 5.74) is -2.52. The number of ether oxygens (including phenoxy) is 1. The lowest BCUT2D eigenvalue weighted by atomic mass is 10.1. The first-order valence-corrected chi connectivity index (χ1v) is 5.96. The Labute approximate surface area is 116 Å². The number of hydrogen-bond donors (Lipinski definition) is 0. The molecule has 2 aromatic heterocycles. The summed E-state index contributed by atoms with van der Waals surface area (Å²) in [5, 5.41) is -0.00541. The van der Waals surface area contributed by atoms with Crippen molar-refractivity contribution in [3.05, 3.63) is 34.9 Å². The van der Waals surface area contributed by atoms with Gasteiger partial charge < -0.3 is 4.74 Å². The third kappa shape index (κ3) is 2.93. The van der Waals surface area contributed by atoms with E-state index in [1.807, 2.05) is 0 Å². The average Bonchev–Trinajstić information content (AvgIpc) is 2.38. The van der Waals surface area contributed by atoms with E-state index in [0.717, 1.165) is 12.1 Å². The van der Waals surface area contributed by atoms with E-state index in [2.05, 4.69) is 14.7 Å². The van der Waals surface area contributed by atoms with Crippen molar-refractivity contribution in [3.8, 4) is 0 Å². The number of alkyl halides is 3. The molecule has 0 unspecified atom stereocenters. The zero-order valence-corrected chi connectivity index (χ0v) is 11.1. The smallest absolute Gasteiger partial charge is 0.434 e. The van der Waals surface area contributed by atoms with Crippen LogP contribution in [0.15, 0.2) is 12.1 Å². The van der Waals surface area contributed by atoms with Crippen LogP contribution in [-0.4, -0.2) is 22.5 Å². The number of aryl methyl sites for hydroxylation is 1. The van der Waals surface area contributed by atoms with E-state index in [1.165, 1.54) is 13.8 Å². The minimum Gasteiger partial charge on any atom is -0.462 e. The number of halogens is 4. The van der Waals surface area contributed by atoms with Gasteiger partial charge >= 0.3 is 12.1 Å². The van der Waals surface area contributed by atoms with E-state index >= 15 is 0 Å². The van der Waals surface area contributed by atoms with Gasteiger partial charge in [0.05, 0.1) is 17.9 Å². The molecule has 0 saturated carbocycles. The second-order valence-corrected chi connectivity index (χ2v) is 4.21. The number of esters is 1. The van der Waals surface area contributed by atoms with Crippen LogP contribution in [-0.2, 0) is 10.9 Å². The summed E-state index contributed by atoms with van der Waals surface area (Å²) in [6.07, 6.45) is -4.85. The first-order valence-electron chi connectivity index (χ1n) is 5.96. The van der Waals surface area contributed by atoms with Gasteiger partial charge in [-0.2, -0.15) is 13.2 Å². The van der Waals surface area contributed by atoms with Gasteiger partial charge in [0, 0.05) is 5.39 Å². The highest BCUT2D eigenvalue weighted by Gasteiger charge is 2.38. The topological polar surface area (TPSA) is 52.1 Å². The van der Waals surface area contributed by atoms with Crippen molar-refractivity contribution in [2.75, 3.05) is 6.61 Å². The van der Waals surface area contributed by atoms with Crippen molar-refractivity contribution >= 4 is 17.0 Å². The monoisotopic (exact) mass is 302 g/mol. The van der Waals surface area contributed by atoms with Gasteiger partial charge in [0.2, 0.25) is 0 Å². The average molecular weight is 302 g/mol. The van der Waals surface area contributed by atoms with Crippen molar-refractivity contribution in [2.24, 2.45) is 0 Å². The van der Waals surface area contributed by atoms with Crippen LogP contribution in [0.1, 0.15) is 28.7 Å². The van der Waals surface area contributed by atoms with E-state index in [0.29, 0.717) is 0 Å². The van der Waals surface area contributed by atoms with Crippen LogP contribution < -0.4 is 0 Å². The molecule has 0 atom stereocenters. The lowest BCUT2D eigenvalue weighted by Crippen LogP contribution is -2.17. The number of fused-ring (bicyclic) bond motifs is 1. The molecule has 8 heteroatoms. The Morgan fingerprint density at radius 1 is 1.29 bits per heavy atom. The molecule has 0 bridgehead atoms. The maximum Gasteiger partial charge on any atom is 0.434 e. The van der Waals surface area contributed by atoms with Crippen molar-refractivity contribution < 1.29 is 27.1 Å². The first kappa shape index (κ1) is 15.1. The van der Waals surface area contributed by atoms with E-state index in [9.17, 15) is 22.4 Å². The van der Waals surface area contributed by atoms with Gasteiger partial charge in [-0.1, -0.05) is 0 Å². The number of carbonyl (C=O) groups is 1. The summed E-state index contributed by atoms with van der Waals surface area (Å²) in [6, 6.07) is 1.87. The molecule has 0 radical (unpaired) electrons. The Morgan fingerprint density at radius 3 is 2.52 bits per heavy atom. The highest BCUT2D eigenvalue weighted by atomic mass is 19.4. The van der Waals surface area contributed by atoms with Gasteiger partial charge in [0.1, 0.15) is 5.82 Å². The van der Waals surface area contributed by atoms with Crippen LogP contribution in [0.5, 0.6) is 0 Å². The quantitative estimate of drug-likeness (QED) is 0.631. The summed E-state index contributed by atoms with van der Waals surface area (Å²) in [7, 11) is 0. The molecule has 0 fully saturated rings. The molecule has 21 heavy (non-hydrogen) atoms. The van der Waals surface area contributed by atoms with E-state index < -0.39 is 29.2 Å². The summed E-state index contributed by atoms with van der Waals surface area (Å²) in [5.74, 6) is -1.86. The van der Waals surface area contributed by atoms with Gasteiger partial charge in [-0.25, -0.2) is 19.2 Å². The Balaban J connectivity index is 2.75. The molecule has 2 aromatic rings. The van der Waals surface area contributed by atoms with Crippen LogP contribution in [0.2, 0.25) is 0 Å².